The first-order valence-corrected chi connectivity index (χ1v) is 7.90. The fourth-order valence-corrected chi connectivity index (χ4v) is 2.75. The highest BCUT2D eigenvalue weighted by atomic mass is 33.1. The van der Waals surface area contributed by atoms with E-state index in [2.05, 4.69) is 0 Å². The Morgan fingerprint density at radius 3 is 2.00 bits per heavy atom. The van der Waals surface area contributed by atoms with Crippen LogP contribution in [-0.2, 0) is 19.1 Å². The minimum atomic E-state index is -1.17. The number of esters is 1. The minimum absolute atomic E-state index is 0.151. The summed E-state index contributed by atoms with van der Waals surface area (Å²) in [5, 5.41) is 0. The number of hydrogen-bond donors (Lipinski definition) is 0. The molecule has 17 heavy (non-hydrogen) atoms. The molecule has 6 heteroatoms. The smallest absolute Gasteiger partial charge is 0.302 e. The molecule has 0 saturated carbocycles. The Kier molecular flexibility index (Phi) is 7.54. The molecule has 0 aliphatic carbocycles. The monoisotopic (exact) mass is 278 g/mol. The van der Waals surface area contributed by atoms with Gasteiger partial charge in [0.05, 0.1) is 0 Å². The SMILES string of the molecule is CSSCCC(COC(C)=O)(C(C)=O)C(C)=O. The number of ketones is 2. The van der Waals surface area contributed by atoms with E-state index in [9.17, 15) is 14.4 Å². The first kappa shape index (κ1) is 16.5. The molecular weight excluding hydrogens is 260 g/mol. The van der Waals surface area contributed by atoms with Gasteiger partial charge in [0.15, 0.2) is 0 Å². The van der Waals surface area contributed by atoms with Gasteiger partial charge in [-0.15, -0.1) is 0 Å². The van der Waals surface area contributed by atoms with Crippen molar-refractivity contribution >= 4 is 39.1 Å². The minimum Gasteiger partial charge on any atom is -0.464 e. The summed E-state index contributed by atoms with van der Waals surface area (Å²) in [7, 11) is 3.15. The van der Waals surface area contributed by atoms with Crippen molar-refractivity contribution < 1.29 is 19.1 Å². The van der Waals surface area contributed by atoms with Gasteiger partial charge in [-0.3, -0.25) is 14.4 Å². The molecule has 0 aromatic rings. The van der Waals surface area contributed by atoms with Crippen LogP contribution in [0.15, 0.2) is 0 Å². The Morgan fingerprint density at radius 1 is 1.12 bits per heavy atom. The van der Waals surface area contributed by atoms with Gasteiger partial charge in [0.2, 0.25) is 0 Å². The Hall–Kier alpha value is -0.490. The van der Waals surface area contributed by atoms with Crippen LogP contribution in [0.4, 0.5) is 0 Å². The van der Waals surface area contributed by atoms with Crippen LogP contribution in [0.5, 0.6) is 0 Å². The number of ether oxygens (including phenoxy) is 1. The van der Waals surface area contributed by atoms with Crippen LogP contribution in [0.1, 0.15) is 27.2 Å². The van der Waals surface area contributed by atoms with Gasteiger partial charge < -0.3 is 4.74 Å². The maximum Gasteiger partial charge on any atom is 0.302 e. The molecule has 0 radical (unpaired) electrons. The number of rotatable bonds is 8. The largest absolute Gasteiger partial charge is 0.464 e. The fraction of sp³-hybridized carbons (Fsp3) is 0.727. The highest BCUT2D eigenvalue weighted by Crippen LogP contribution is 2.30. The maximum atomic E-state index is 11.7. The lowest BCUT2D eigenvalue weighted by atomic mass is 9.78. The number of hydrogen-bond acceptors (Lipinski definition) is 6. The van der Waals surface area contributed by atoms with Crippen LogP contribution in [0.25, 0.3) is 0 Å². The Labute approximate surface area is 110 Å². The molecule has 0 aliphatic heterocycles. The van der Waals surface area contributed by atoms with Crippen LogP contribution in [0.3, 0.4) is 0 Å². The van der Waals surface area contributed by atoms with E-state index in [1.807, 2.05) is 6.26 Å². The molecule has 0 heterocycles. The highest BCUT2D eigenvalue weighted by Gasteiger charge is 2.41. The van der Waals surface area contributed by atoms with E-state index in [1.165, 1.54) is 20.8 Å². The molecule has 0 aliphatic rings. The van der Waals surface area contributed by atoms with Crippen molar-refractivity contribution in [1.29, 1.82) is 0 Å². The van der Waals surface area contributed by atoms with Crippen LogP contribution in [0.2, 0.25) is 0 Å². The summed E-state index contributed by atoms with van der Waals surface area (Å²) in [5.41, 5.74) is -1.17. The van der Waals surface area contributed by atoms with Crippen molar-refractivity contribution in [2.45, 2.75) is 27.2 Å². The first-order chi connectivity index (χ1) is 7.86. The lowest BCUT2D eigenvalue weighted by molar-refractivity contribution is -0.151. The molecule has 0 unspecified atom stereocenters. The third-order valence-electron chi connectivity index (χ3n) is 2.60. The molecule has 98 valence electrons. The van der Waals surface area contributed by atoms with E-state index in [1.54, 1.807) is 21.6 Å². The number of carbonyl (C=O) groups excluding carboxylic acids is 3. The second-order valence-corrected chi connectivity index (χ2v) is 6.40. The normalized spacial score (nSPS) is 11.1. The van der Waals surface area contributed by atoms with Crippen molar-refractivity contribution in [2.24, 2.45) is 5.41 Å². The average Bonchev–Trinajstić information content (AvgIpc) is 2.22. The summed E-state index contributed by atoms with van der Waals surface area (Å²) in [6, 6.07) is 0. The van der Waals surface area contributed by atoms with Gasteiger partial charge in [0.25, 0.3) is 0 Å². The predicted octanol–water partition coefficient (Wildman–Crippen LogP) is 2.12. The summed E-state index contributed by atoms with van der Waals surface area (Å²) in [4.78, 5) is 34.2. The van der Waals surface area contributed by atoms with E-state index in [0.29, 0.717) is 12.2 Å². The lowest BCUT2D eigenvalue weighted by Gasteiger charge is -2.27. The number of Topliss-reactive ketones (excluding diaryl/α,β-unsaturated/α-hetero) is 2. The fourth-order valence-electron chi connectivity index (χ4n) is 1.40. The van der Waals surface area contributed by atoms with Crippen molar-refractivity contribution in [1.82, 2.24) is 0 Å². The van der Waals surface area contributed by atoms with Crippen molar-refractivity contribution in [3.05, 3.63) is 0 Å². The quantitative estimate of drug-likeness (QED) is 0.293. The standard InChI is InChI=1S/C11H18O4S2/c1-8(12)11(9(2)13,5-6-17-16-4)7-15-10(3)14/h5-7H2,1-4H3. The Morgan fingerprint density at radius 2 is 1.65 bits per heavy atom. The average molecular weight is 278 g/mol. The van der Waals surface area contributed by atoms with Gasteiger partial charge in [-0.05, 0) is 26.5 Å². The third kappa shape index (κ3) is 5.12. The van der Waals surface area contributed by atoms with Crippen molar-refractivity contribution in [3.8, 4) is 0 Å². The summed E-state index contributed by atoms with van der Waals surface area (Å²) in [6.07, 6.45) is 2.33. The summed E-state index contributed by atoms with van der Waals surface area (Å²) < 4.78 is 4.86. The van der Waals surface area contributed by atoms with Gasteiger partial charge in [0, 0.05) is 12.7 Å². The van der Waals surface area contributed by atoms with E-state index in [0.717, 1.165) is 0 Å². The van der Waals surface area contributed by atoms with Crippen LogP contribution >= 0.6 is 21.6 Å². The molecule has 0 aromatic carbocycles. The van der Waals surface area contributed by atoms with Crippen LogP contribution < -0.4 is 0 Å². The molecule has 0 bridgehead atoms. The van der Waals surface area contributed by atoms with Gasteiger partial charge in [-0.2, -0.15) is 0 Å². The number of carbonyl (C=O) groups is 3. The Bertz CT molecular complexity index is 288. The summed E-state index contributed by atoms with van der Waals surface area (Å²) in [5.74, 6) is -0.294. The topological polar surface area (TPSA) is 60.4 Å². The molecule has 0 aromatic heterocycles. The van der Waals surface area contributed by atoms with Crippen LogP contribution in [-0.4, -0.2) is 36.2 Å². The summed E-state index contributed by atoms with van der Waals surface area (Å²) in [6.45, 7) is 3.85. The zero-order chi connectivity index (χ0) is 13.5. The molecule has 0 N–H and O–H groups in total. The molecule has 0 saturated heterocycles. The molecule has 0 atom stereocenters. The van der Waals surface area contributed by atoms with E-state index >= 15 is 0 Å². The second-order valence-electron chi connectivity index (χ2n) is 3.71. The summed E-state index contributed by atoms with van der Waals surface area (Å²) >= 11 is 0. The zero-order valence-electron chi connectivity index (χ0n) is 10.6. The van der Waals surface area contributed by atoms with E-state index in [-0.39, 0.29) is 18.2 Å². The Balaban J connectivity index is 4.80. The molecular formula is C11H18O4S2. The van der Waals surface area contributed by atoms with Crippen molar-refractivity contribution in [2.75, 3.05) is 18.6 Å². The third-order valence-corrected chi connectivity index (χ3v) is 4.41. The van der Waals surface area contributed by atoms with Gasteiger partial charge >= 0.3 is 5.97 Å². The second kappa shape index (κ2) is 7.76. The highest BCUT2D eigenvalue weighted by molar-refractivity contribution is 8.76. The molecule has 0 rings (SSSR count). The van der Waals surface area contributed by atoms with Gasteiger partial charge in [-0.25, -0.2) is 0 Å². The van der Waals surface area contributed by atoms with Gasteiger partial charge in [0.1, 0.15) is 23.6 Å². The first-order valence-electron chi connectivity index (χ1n) is 5.18. The molecule has 4 nitrogen and oxygen atoms in total. The van der Waals surface area contributed by atoms with Crippen molar-refractivity contribution in [3.63, 3.8) is 0 Å². The van der Waals surface area contributed by atoms with E-state index < -0.39 is 11.4 Å². The maximum absolute atomic E-state index is 11.7. The van der Waals surface area contributed by atoms with E-state index in [4.69, 9.17) is 4.74 Å². The predicted molar refractivity (Wildman–Crippen MR) is 71.0 cm³/mol. The molecule has 0 spiro atoms. The molecule has 0 amide bonds. The zero-order valence-corrected chi connectivity index (χ0v) is 12.2. The lowest BCUT2D eigenvalue weighted by Crippen LogP contribution is -2.42. The molecule has 0 fully saturated rings. The van der Waals surface area contributed by atoms with Gasteiger partial charge in [-0.1, -0.05) is 21.6 Å². The van der Waals surface area contributed by atoms with Crippen LogP contribution in [0, 0.1) is 5.41 Å².